The molecular weight excluding hydrogens is 458 g/mol. The highest BCUT2D eigenvalue weighted by molar-refractivity contribution is 5.94. The van der Waals surface area contributed by atoms with Crippen molar-refractivity contribution in [3.8, 4) is 0 Å². The number of carbonyl (C=O) groups is 5. The lowest BCUT2D eigenvalue weighted by Crippen LogP contribution is -2.60. The maximum atomic E-state index is 12.5. The number of aliphatic hydroxyl groups excluding tert-OH is 2. The van der Waals surface area contributed by atoms with Crippen LogP contribution < -0.4 is 33.2 Å². The van der Waals surface area contributed by atoms with Gasteiger partial charge in [0.1, 0.15) is 18.1 Å². The summed E-state index contributed by atoms with van der Waals surface area (Å²) in [6, 6.07) is -5.85. The number of carbonyl (C=O) groups excluding carboxylic acids is 3. The number of amides is 3. The summed E-state index contributed by atoms with van der Waals surface area (Å²) in [5, 5.41) is 43.7. The predicted molar refractivity (Wildman–Crippen MR) is 117 cm³/mol. The Kier molecular flexibility index (Phi) is 13.8. The van der Waals surface area contributed by atoms with Crippen LogP contribution in [-0.2, 0) is 24.0 Å². The smallest absolute Gasteiger partial charge is 0.326 e. The molecule has 0 aliphatic heterocycles. The molecule has 0 radical (unpaired) electrons. The van der Waals surface area contributed by atoms with Crippen molar-refractivity contribution in [3.63, 3.8) is 0 Å². The van der Waals surface area contributed by atoms with Crippen LogP contribution in [0.3, 0.4) is 0 Å². The lowest BCUT2D eigenvalue weighted by molar-refractivity contribution is -0.143. The molecular formula is C18H33N7O9. The Morgan fingerprint density at radius 1 is 0.912 bits per heavy atom. The Hall–Kier alpha value is -3.50. The number of aliphatic imine (C=N–C) groups is 1. The molecule has 0 aromatic carbocycles. The van der Waals surface area contributed by atoms with E-state index in [1.807, 2.05) is 0 Å². The van der Waals surface area contributed by atoms with Crippen LogP contribution in [0.4, 0.5) is 0 Å². The van der Waals surface area contributed by atoms with Gasteiger partial charge in [-0.1, -0.05) is 0 Å². The molecule has 0 aliphatic carbocycles. The van der Waals surface area contributed by atoms with E-state index in [4.69, 9.17) is 22.3 Å². The lowest BCUT2D eigenvalue weighted by atomic mass is 10.1. The molecule has 0 bridgehead atoms. The number of aliphatic carboxylic acids is 2. The van der Waals surface area contributed by atoms with Gasteiger partial charge in [-0.05, 0) is 26.2 Å². The van der Waals surface area contributed by atoms with Crippen LogP contribution in [-0.4, -0.2) is 99.5 Å². The summed E-state index contributed by atoms with van der Waals surface area (Å²) in [5.74, 6) is -5.74. The monoisotopic (exact) mass is 491 g/mol. The molecule has 194 valence electrons. The number of nitrogens with zero attached hydrogens (tertiary/aromatic N) is 1. The average Bonchev–Trinajstić information content (AvgIpc) is 2.74. The average molecular weight is 492 g/mol. The minimum absolute atomic E-state index is 0.0511. The van der Waals surface area contributed by atoms with Crippen LogP contribution in [0.15, 0.2) is 4.99 Å². The summed E-state index contributed by atoms with van der Waals surface area (Å²) in [5.41, 5.74) is 15.9. The summed E-state index contributed by atoms with van der Waals surface area (Å²) in [7, 11) is 0. The molecule has 0 aromatic heterocycles. The second-order valence-electron chi connectivity index (χ2n) is 7.36. The number of aliphatic hydroxyl groups is 2. The summed E-state index contributed by atoms with van der Waals surface area (Å²) in [6.45, 7) is 0.362. The van der Waals surface area contributed by atoms with Crippen LogP contribution in [0, 0.1) is 0 Å². The first-order valence-electron chi connectivity index (χ1n) is 10.3. The third kappa shape index (κ3) is 11.9. The van der Waals surface area contributed by atoms with Crippen LogP contribution in [0.25, 0.3) is 0 Å². The molecule has 0 saturated carbocycles. The zero-order valence-electron chi connectivity index (χ0n) is 18.6. The van der Waals surface area contributed by atoms with E-state index in [0.717, 1.165) is 0 Å². The molecule has 13 N–H and O–H groups in total. The molecule has 0 saturated heterocycles. The lowest BCUT2D eigenvalue weighted by Gasteiger charge is -2.25. The van der Waals surface area contributed by atoms with Crippen LogP contribution in [0.2, 0.25) is 0 Å². The molecule has 5 unspecified atom stereocenters. The SMILES string of the molecule is CC(O)C(NC(=O)C(N)CCC(=O)O)C(=O)NC(CO)C(=O)NC(CCCN=C(N)N)C(=O)O. The van der Waals surface area contributed by atoms with Crippen molar-refractivity contribution < 1.29 is 44.4 Å². The highest BCUT2D eigenvalue weighted by Gasteiger charge is 2.32. The number of carboxylic acid groups (broad SMARTS) is 2. The Morgan fingerprint density at radius 3 is 1.97 bits per heavy atom. The van der Waals surface area contributed by atoms with Crippen LogP contribution in [0.5, 0.6) is 0 Å². The van der Waals surface area contributed by atoms with Gasteiger partial charge in [-0.25, -0.2) is 4.79 Å². The molecule has 0 aromatic rings. The number of nitrogens with one attached hydrogen (secondary N) is 3. The van der Waals surface area contributed by atoms with Crippen molar-refractivity contribution in [3.05, 3.63) is 0 Å². The van der Waals surface area contributed by atoms with Gasteiger partial charge in [-0.2, -0.15) is 0 Å². The fourth-order valence-electron chi connectivity index (χ4n) is 2.56. The third-order valence-electron chi connectivity index (χ3n) is 4.44. The topological polar surface area (TPSA) is 293 Å². The fourth-order valence-corrected chi connectivity index (χ4v) is 2.56. The van der Waals surface area contributed by atoms with Gasteiger partial charge in [0.25, 0.3) is 0 Å². The van der Waals surface area contributed by atoms with Crippen LogP contribution >= 0.6 is 0 Å². The summed E-state index contributed by atoms with van der Waals surface area (Å²) < 4.78 is 0. The molecule has 34 heavy (non-hydrogen) atoms. The highest BCUT2D eigenvalue weighted by Crippen LogP contribution is 2.02. The van der Waals surface area contributed by atoms with E-state index in [1.54, 1.807) is 0 Å². The predicted octanol–water partition coefficient (Wildman–Crippen LogP) is -4.86. The molecule has 0 heterocycles. The Bertz CT molecular complexity index is 756. The molecule has 0 aliphatic rings. The van der Waals surface area contributed by atoms with Gasteiger partial charge in [-0.3, -0.25) is 24.2 Å². The van der Waals surface area contributed by atoms with Crippen molar-refractivity contribution in [2.75, 3.05) is 13.2 Å². The van der Waals surface area contributed by atoms with Gasteiger partial charge >= 0.3 is 11.9 Å². The standard InChI is InChI=1S/C18H33N7O9/c1-8(27)13(25-14(30)9(19)4-5-12(28)29)16(32)24-11(7-26)15(31)23-10(17(33)34)3-2-6-22-18(20)21/h8-11,13,26-27H,2-7,19H2,1H3,(H,23,31)(H,24,32)(H,25,30)(H,28,29)(H,33,34)(H4,20,21,22). The normalized spacial score (nSPS) is 15.1. The third-order valence-corrected chi connectivity index (χ3v) is 4.44. The Balaban J connectivity index is 5.10. The number of guanidine groups is 1. The van der Waals surface area contributed by atoms with Gasteiger partial charge in [0, 0.05) is 13.0 Å². The minimum Gasteiger partial charge on any atom is -0.481 e. The summed E-state index contributed by atoms with van der Waals surface area (Å²) in [6.07, 6.45) is -1.92. The van der Waals surface area contributed by atoms with Crippen molar-refractivity contribution in [1.29, 1.82) is 0 Å². The van der Waals surface area contributed by atoms with Crippen molar-refractivity contribution >= 4 is 35.6 Å². The maximum Gasteiger partial charge on any atom is 0.326 e. The summed E-state index contributed by atoms with van der Waals surface area (Å²) in [4.78, 5) is 62.7. The van der Waals surface area contributed by atoms with E-state index in [0.29, 0.717) is 0 Å². The minimum atomic E-state index is -1.61. The maximum absolute atomic E-state index is 12.5. The molecule has 3 amide bonds. The summed E-state index contributed by atoms with van der Waals surface area (Å²) >= 11 is 0. The first kappa shape index (κ1) is 30.5. The zero-order chi connectivity index (χ0) is 26.4. The van der Waals surface area contributed by atoms with E-state index in [1.165, 1.54) is 6.92 Å². The molecule has 16 heteroatoms. The Morgan fingerprint density at radius 2 is 1.50 bits per heavy atom. The van der Waals surface area contributed by atoms with Crippen molar-refractivity contribution in [2.24, 2.45) is 22.2 Å². The van der Waals surface area contributed by atoms with Gasteiger partial charge in [0.2, 0.25) is 17.7 Å². The highest BCUT2D eigenvalue weighted by atomic mass is 16.4. The van der Waals surface area contributed by atoms with Gasteiger partial charge in [0.15, 0.2) is 5.96 Å². The van der Waals surface area contributed by atoms with Gasteiger partial charge < -0.3 is 53.6 Å². The van der Waals surface area contributed by atoms with E-state index in [-0.39, 0.29) is 31.8 Å². The van der Waals surface area contributed by atoms with Crippen molar-refractivity contribution in [2.45, 2.75) is 62.9 Å². The molecule has 5 atom stereocenters. The number of nitrogens with two attached hydrogens (primary N) is 3. The largest absolute Gasteiger partial charge is 0.481 e. The first-order valence-corrected chi connectivity index (χ1v) is 10.3. The molecule has 0 rings (SSSR count). The second kappa shape index (κ2) is 15.4. The number of hydrogen-bond donors (Lipinski definition) is 10. The second-order valence-corrected chi connectivity index (χ2v) is 7.36. The van der Waals surface area contributed by atoms with E-state index in [2.05, 4.69) is 20.9 Å². The number of hydrogen-bond acceptors (Lipinski definition) is 9. The van der Waals surface area contributed by atoms with E-state index in [9.17, 15) is 39.3 Å². The van der Waals surface area contributed by atoms with E-state index >= 15 is 0 Å². The van der Waals surface area contributed by atoms with Gasteiger partial charge in [0.05, 0.1) is 18.8 Å². The first-order chi connectivity index (χ1) is 15.8. The fraction of sp³-hybridized carbons (Fsp3) is 0.667. The molecule has 0 spiro atoms. The number of rotatable bonds is 16. The molecule has 0 fully saturated rings. The van der Waals surface area contributed by atoms with Crippen LogP contribution in [0.1, 0.15) is 32.6 Å². The Labute approximate surface area is 194 Å². The van der Waals surface area contributed by atoms with E-state index < -0.39 is 73.0 Å². The van der Waals surface area contributed by atoms with Crippen molar-refractivity contribution in [1.82, 2.24) is 16.0 Å². The number of carboxylic acids is 2. The molecule has 16 nitrogen and oxygen atoms in total. The zero-order valence-corrected chi connectivity index (χ0v) is 18.6. The van der Waals surface area contributed by atoms with Gasteiger partial charge in [-0.15, -0.1) is 0 Å². The quantitative estimate of drug-likeness (QED) is 0.0552.